The van der Waals surface area contributed by atoms with Gasteiger partial charge in [0, 0.05) is 29.4 Å². The van der Waals surface area contributed by atoms with Crippen molar-refractivity contribution in [3.63, 3.8) is 0 Å². The highest BCUT2D eigenvalue weighted by molar-refractivity contribution is 14.1. The van der Waals surface area contributed by atoms with Crippen LogP contribution in [-0.4, -0.2) is 26.0 Å². The Morgan fingerprint density at radius 3 is 2.89 bits per heavy atom. The number of anilines is 2. The number of hydrogen-bond donors (Lipinski definition) is 2. The van der Waals surface area contributed by atoms with Gasteiger partial charge in [0.05, 0.1) is 11.1 Å². The van der Waals surface area contributed by atoms with Crippen LogP contribution in [0.2, 0.25) is 0 Å². The lowest BCUT2D eigenvalue weighted by Crippen LogP contribution is -2.39. The number of benzene rings is 1. The molecule has 1 unspecified atom stereocenters. The second-order valence-electron chi connectivity index (χ2n) is 5.02. The van der Waals surface area contributed by atoms with Gasteiger partial charge in [-0.1, -0.05) is 0 Å². The van der Waals surface area contributed by atoms with Crippen LogP contribution < -0.4 is 16.0 Å². The molecule has 18 heavy (non-hydrogen) atoms. The van der Waals surface area contributed by atoms with Crippen LogP contribution in [-0.2, 0) is 4.79 Å². The van der Waals surface area contributed by atoms with Crippen molar-refractivity contribution in [2.24, 2.45) is 5.41 Å². The smallest absolute Gasteiger partial charge is 0.227 e. The molecule has 3 N–H and O–H groups in total. The van der Waals surface area contributed by atoms with Gasteiger partial charge in [0.15, 0.2) is 0 Å². The zero-order valence-electron chi connectivity index (χ0n) is 10.7. The first kappa shape index (κ1) is 13.5. The van der Waals surface area contributed by atoms with Crippen molar-refractivity contribution in [1.82, 2.24) is 5.32 Å². The second kappa shape index (κ2) is 4.95. The zero-order chi connectivity index (χ0) is 13.3. The van der Waals surface area contributed by atoms with Crippen molar-refractivity contribution in [3.05, 3.63) is 21.8 Å². The molecule has 4 nitrogen and oxygen atoms in total. The van der Waals surface area contributed by atoms with E-state index in [2.05, 4.69) is 32.8 Å². The molecule has 0 bridgehead atoms. The van der Waals surface area contributed by atoms with Gasteiger partial charge in [-0.25, -0.2) is 0 Å². The van der Waals surface area contributed by atoms with E-state index in [0.717, 1.165) is 34.5 Å². The summed E-state index contributed by atoms with van der Waals surface area (Å²) in [6.45, 7) is 3.69. The molecule has 1 amide bonds. The molecule has 0 spiro atoms. The molecule has 0 radical (unpaired) electrons. The first-order chi connectivity index (χ1) is 8.46. The van der Waals surface area contributed by atoms with Crippen molar-refractivity contribution >= 4 is 39.9 Å². The maximum absolute atomic E-state index is 11.9. The van der Waals surface area contributed by atoms with Crippen molar-refractivity contribution < 1.29 is 4.79 Å². The fraction of sp³-hybridized carbons (Fsp3) is 0.462. The zero-order valence-corrected chi connectivity index (χ0v) is 12.8. The molecule has 0 aliphatic carbocycles. The Hall–Kier alpha value is -0.980. The van der Waals surface area contributed by atoms with E-state index < -0.39 is 0 Å². The van der Waals surface area contributed by atoms with Gasteiger partial charge in [-0.05, 0) is 54.1 Å². The van der Waals surface area contributed by atoms with Gasteiger partial charge in [-0.3, -0.25) is 4.79 Å². The number of halogens is 1. The Bertz CT molecular complexity index is 477. The van der Waals surface area contributed by atoms with Gasteiger partial charge < -0.3 is 16.0 Å². The molecule has 1 saturated heterocycles. The van der Waals surface area contributed by atoms with E-state index >= 15 is 0 Å². The minimum atomic E-state index is -0.292. The lowest BCUT2D eigenvalue weighted by atomic mass is 9.89. The molecular formula is C13H18IN3O. The van der Waals surface area contributed by atoms with Gasteiger partial charge in [0.2, 0.25) is 5.91 Å². The third-order valence-corrected chi connectivity index (χ3v) is 4.43. The third-order valence-electron chi connectivity index (χ3n) is 3.56. The van der Waals surface area contributed by atoms with Crippen LogP contribution >= 0.6 is 22.6 Å². The number of carbonyl (C=O) groups excluding carboxylic acids is 1. The van der Waals surface area contributed by atoms with Gasteiger partial charge in [-0.15, -0.1) is 0 Å². The Morgan fingerprint density at radius 2 is 2.28 bits per heavy atom. The van der Waals surface area contributed by atoms with Gasteiger partial charge in [0.25, 0.3) is 0 Å². The van der Waals surface area contributed by atoms with Gasteiger partial charge in [-0.2, -0.15) is 0 Å². The minimum Gasteiger partial charge on any atom is -0.399 e. The lowest BCUT2D eigenvalue weighted by molar-refractivity contribution is -0.128. The Balaban J connectivity index is 2.20. The molecule has 2 rings (SSSR count). The summed E-state index contributed by atoms with van der Waals surface area (Å²) in [7, 11) is 1.70. The van der Waals surface area contributed by atoms with Crippen molar-refractivity contribution in [2.45, 2.75) is 13.3 Å². The highest BCUT2D eigenvalue weighted by atomic mass is 127. The van der Waals surface area contributed by atoms with Crippen LogP contribution in [0.15, 0.2) is 18.2 Å². The highest BCUT2D eigenvalue weighted by Crippen LogP contribution is 2.35. The molecule has 1 aliphatic heterocycles. The van der Waals surface area contributed by atoms with Crippen LogP contribution in [0.3, 0.4) is 0 Å². The summed E-state index contributed by atoms with van der Waals surface area (Å²) in [5, 5.41) is 2.76. The molecule has 0 saturated carbocycles. The molecule has 1 heterocycles. The fourth-order valence-corrected chi connectivity index (χ4v) is 3.31. The second-order valence-corrected chi connectivity index (χ2v) is 6.18. The summed E-state index contributed by atoms with van der Waals surface area (Å²) in [6.07, 6.45) is 0.882. The van der Waals surface area contributed by atoms with E-state index in [1.807, 2.05) is 25.1 Å². The summed E-state index contributed by atoms with van der Waals surface area (Å²) in [6, 6.07) is 5.91. The largest absolute Gasteiger partial charge is 0.399 e. The van der Waals surface area contributed by atoms with E-state index in [0.29, 0.717) is 0 Å². The number of nitrogens with two attached hydrogens (primary N) is 1. The molecule has 1 aromatic carbocycles. The SMILES string of the molecule is CNC(=O)C1(C)CCN(c2ccc(N)cc2I)C1. The predicted molar refractivity (Wildman–Crippen MR) is 82.6 cm³/mol. The third kappa shape index (κ3) is 2.41. The molecule has 1 aromatic rings. The average molecular weight is 359 g/mol. The van der Waals surface area contributed by atoms with E-state index in [1.165, 1.54) is 0 Å². The summed E-state index contributed by atoms with van der Waals surface area (Å²) in [4.78, 5) is 14.2. The average Bonchev–Trinajstić information content (AvgIpc) is 2.72. The fourth-order valence-electron chi connectivity index (χ4n) is 2.43. The Labute approximate surface area is 121 Å². The molecule has 1 aliphatic rings. The number of nitrogen functional groups attached to an aromatic ring is 1. The van der Waals surface area contributed by atoms with Crippen LogP contribution in [0.1, 0.15) is 13.3 Å². The van der Waals surface area contributed by atoms with E-state index in [-0.39, 0.29) is 11.3 Å². The number of amides is 1. The molecular weight excluding hydrogens is 341 g/mol. The van der Waals surface area contributed by atoms with E-state index in [1.54, 1.807) is 7.05 Å². The number of carbonyl (C=O) groups is 1. The molecule has 98 valence electrons. The molecule has 1 atom stereocenters. The highest BCUT2D eigenvalue weighted by Gasteiger charge is 2.40. The monoisotopic (exact) mass is 359 g/mol. The topological polar surface area (TPSA) is 58.4 Å². The predicted octanol–water partition coefficient (Wildman–Crippen LogP) is 1.84. The number of rotatable bonds is 2. The van der Waals surface area contributed by atoms with Crippen molar-refractivity contribution in [1.29, 1.82) is 0 Å². The first-order valence-electron chi connectivity index (χ1n) is 5.98. The normalized spacial score (nSPS) is 23.2. The summed E-state index contributed by atoms with van der Waals surface area (Å²) in [5.74, 6) is 0.121. The van der Waals surface area contributed by atoms with Crippen molar-refractivity contribution in [2.75, 3.05) is 30.8 Å². The molecule has 1 fully saturated rings. The van der Waals surface area contributed by atoms with Gasteiger partial charge in [0.1, 0.15) is 0 Å². The maximum atomic E-state index is 11.9. The Kier molecular flexibility index (Phi) is 3.70. The number of nitrogens with zero attached hydrogens (tertiary/aromatic N) is 1. The maximum Gasteiger partial charge on any atom is 0.227 e. The van der Waals surface area contributed by atoms with Crippen LogP contribution in [0.5, 0.6) is 0 Å². The van der Waals surface area contributed by atoms with Crippen molar-refractivity contribution in [3.8, 4) is 0 Å². The Morgan fingerprint density at radius 1 is 1.56 bits per heavy atom. The van der Waals surface area contributed by atoms with E-state index in [9.17, 15) is 4.79 Å². The summed E-state index contributed by atoms with van der Waals surface area (Å²) < 4.78 is 1.13. The molecule has 0 aromatic heterocycles. The number of hydrogen-bond acceptors (Lipinski definition) is 3. The number of nitrogens with one attached hydrogen (secondary N) is 1. The summed E-state index contributed by atoms with van der Waals surface area (Å²) >= 11 is 2.29. The molecule has 5 heteroatoms. The van der Waals surface area contributed by atoms with Crippen LogP contribution in [0.25, 0.3) is 0 Å². The van der Waals surface area contributed by atoms with Crippen LogP contribution in [0, 0.1) is 8.99 Å². The van der Waals surface area contributed by atoms with Gasteiger partial charge >= 0.3 is 0 Å². The first-order valence-corrected chi connectivity index (χ1v) is 7.06. The quantitative estimate of drug-likeness (QED) is 0.626. The van der Waals surface area contributed by atoms with E-state index in [4.69, 9.17) is 5.73 Å². The lowest BCUT2D eigenvalue weighted by Gasteiger charge is -2.24. The standard InChI is InChI=1S/C13H18IN3O/c1-13(12(18)16-2)5-6-17(8-13)11-4-3-9(15)7-10(11)14/h3-4,7H,5-6,8,15H2,1-2H3,(H,16,18). The minimum absolute atomic E-state index is 0.121. The van der Waals surface area contributed by atoms with Crippen LogP contribution in [0.4, 0.5) is 11.4 Å². The summed E-state index contributed by atoms with van der Waals surface area (Å²) in [5.41, 5.74) is 7.41.